The fourth-order valence-corrected chi connectivity index (χ4v) is 3.00. The zero-order chi connectivity index (χ0) is 21.2. The van der Waals surface area contributed by atoms with Crippen LogP contribution >= 0.6 is 0 Å². The molecular weight excluding hydrogens is 386 g/mol. The number of aliphatic imine (C=N–C) groups is 1. The Bertz CT molecular complexity index is 898. The highest BCUT2D eigenvalue weighted by Crippen LogP contribution is 2.21. The molecule has 0 aliphatic rings. The van der Waals surface area contributed by atoms with E-state index in [4.69, 9.17) is 10.2 Å². The van der Waals surface area contributed by atoms with E-state index in [-0.39, 0.29) is 29.8 Å². The predicted octanol–water partition coefficient (Wildman–Crippen LogP) is 2.19. The molecule has 2 rings (SSSR count). The summed E-state index contributed by atoms with van der Waals surface area (Å²) in [5, 5.41) is 27.2. The van der Waals surface area contributed by atoms with Gasteiger partial charge in [0.25, 0.3) is 15.7 Å². The monoisotopic (exact) mass is 409 g/mol. The van der Waals surface area contributed by atoms with E-state index < -0.39 is 14.9 Å². The van der Waals surface area contributed by atoms with Crippen LogP contribution in [0.15, 0.2) is 58.4 Å². The second kappa shape index (κ2) is 11.1. The van der Waals surface area contributed by atoms with Crippen molar-refractivity contribution >= 4 is 27.6 Å². The minimum atomic E-state index is -3.91. The molecule has 0 fully saturated rings. The molecule has 3 N–H and O–H groups in total. The summed E-state index contributed by atoms with van der Waals surface area (Å²) in [7, 11) is -3.91. The maximum atomic E-state index is 12.5. The lowest BCUT2D eigenvalue weighted by Crippen LogP contribution is -2.14. The third-order valence-electron chi connectivity index (χ3n) is 3.30. The third kappa shape index (κ3) is 7.06. The SMILES string of the molecule is CCO.C[C@H](CO)N=Cc1ccccc1NS(=O)(=O)c1ccc([N+](=O)[O-])cc1. The number of nitrogens with one attached hydrogen (secondary N) is 1. The van der Waals surface area contributed by atoms with Gasteiger partial charge in [-0.1, -0.05) is 18.2 Å². The Kier molecular flexibility index (Phi) is 9.22. The first-order valence-corrected chi connectivity index (χ1v) is 9.84. The van der Waals surface area contributed by atoms with E-state index in [1.54, 1.807) is 38.1 Å². The molecule has 0 aromatic heterocycles. The molecule has 2 aromatic rings. The van der Waals surface area contributed by atoms with Crippen LogP contribution in [-0.4, -0.2) is 49.0 Å². The Morgan fingerprint density at radius 3 is 2.29 bits per heavy atom. The molecule has 0 aliphatic heterocycles. The fourth-order valence-electron chi connectivity index (χ4n) is 1.91. The number of aliphatic hydroxyl groups excluding tert-OH is 2. The second-order valence-corrected chi connectivity index (χ2v) is 7.25. The van der Waals surface area contributed by atoms with Crippen LogP contribution in [0.25, 0.3) is 0 Å². The van der Waals surface area contributed by atoms with Crippen molar-refractivity contribution in [2.75, 3.05) is 17.9 Å². The van der Waals surface area contributed by atoms with Crippen LogP contribution in [0.2, 0.25) is 0 Å². The molecule has 152 valence electrons. The average Bonchev–Trinajstić information content (AvgIpc) is 2.67. The number of sulfonamides is 1. The smallest absolute Gasteiger partial charge is 0.269 e. The van der Waals surface area contributed by atoms with Crippen LogP contribution in [0, 0.1) is 10.1 Å². The van der Waals surface area contributed by atoms with Crippen LogP contribution in [0.1, 0.15) is 19.4 Å². The largest absolute Gasteiger partial charge is 0.397 e. The number of nitro benzene ring substituents is 1. The highest BCUT2D eigenvalue weighted by atomic mass is 32.2. The van der Waals surface area contributed by atoms with Crippen molar-refractivity contribution < 1.29 is 23.6 Å². The molecule has 0 unspecified atom stereocenters. The minimum Gasteiger partial charge on any atom is -0.397 e. The van der Waals surface area contributed by atoms with Gasteiger partial charge in [-0.15, -0.1) is 0 Å². The lowest BCUT2D eigenvalue weighted by Gasteiger charge is -2.11. The Balaban J connectivity index is 0.00000122. The molecule has 28 heavy (non-hydrogen) atoms. The average molecular weight is 409 g/mol. The first-order valence-electron chi connectivity index (χ1n) is 8.36. The molecule has 0 spiro atoms. The van der Waals surface area contributed by atoms with Gasteiger partial charge in [0.05, 0.1) is 28.2 Å². The van der Waals surface area contributed by atoms with Gasteiger partial charge in [-0.05, 0) is 32.0 Å². The molecule has 1 atom stereocenters. The van der Waals surface area contributed by atoms with E-state index in [2.05, 4.69) is 9.71 Å². The lowest BCUT2D eigenvalue weighted by molar-refractivity contribution is -0.384. The number of hydrogen-bond donors (Lipinski definition) is 3. The molecule has 0 saturated carbocycles. The van der Waals surface area contributed by atoms with Crippen LogP contribution in [0.5, 0.6) is 0 Å². The van der Waals surface area contributed by atoms with E-state index in [1.165, 1.54) is 18.3 Å². The summed E-state index contributed by atoms with van der Waals surface area (Å²) >= 11 is 0. The van der Waals surface area contributed by atoms with Crippen molar-refractivity contribution in [2.24, 2.45) is 4.99 Å². The molecule has 2 aromatic carbocycles. The fraction of sp³-hybridized carbons (Fsp3) is 0.278. The third-order valence-corrected chi connectivity index (χ3v) is 4.68. The van der Waals surface area contributed by atoms with Crippen LogP contribution < -0.4 is 4.72 Å². The van der Waals surface area contributed by atoms with Gasteiger partial charge in [0.1, 0.15) is 0 Å². The number of nitro groups is 1. The van der Waals surface area contributed by atoms with Gasteiger partial charge in [0, 0.05) is 30.5 Å². The van der Waals surface area contributed by atoms with Gasteiger partial charge >= 0.3 is 0 Å². The van der Waals surface area contributed by atoms with E-state index >= 15 is 0 Å². The summed E-state index contributed by atoms with van der Waals surface area (Å²) in [6, 6.07) is 11.0. The second-order valence-electron chi connectivity index (χ2n) is 5.57. The van der Waals surface area contributed by atoms with E-state index in [0.717, 1.165) is 12.1 Å². The van der Waals surface area contributed by atoms with E-state index in [9.17, 15) is 18.5 Å². The number of anilines is 1. The number of benzene rings is 2. The Labute approximate surface area is 163 Å². The lowest BCUT2D eigenvalue weighted by atomic mass is 10.2. The maximum absolute atomic E-state index is 12.5. The quantitative estimate of drug-likeness (QED) is 0.363. The number of rotatable bonds is 7. The molecule has 0 bridgehead atoms. The Hall–Kier alpha value is -2.82. The summed E-state index contributed by atoms with van der Waals surface area (Å²) in [6.45, 7) is 3.54. The van der Waals surface area contributed by atoms with Crippen LogP contribution in [0.3, 0.4) is 0 Å². The molecular formula is C18H23N3O6S. The standard InChI is InChI=1S/C16H17N3O5S.C2H6O/c1-12(11-20)17-10-13-4-2-3-5-16(13)18-25(23,24)15-8-6-14(7-9-15)19(21)22;1-2-3/h2-10,12,18,20H,11H2,1H3;3H,2H2,1H3/t12-;/m1./s1. The first-order chi connectivity index (χ1) is 13.2. The summed E-state index contributed by atoms with van der Waals surface area (Å²) < 4.78 is 27.4. The molecule has 0 radical (unpaired) electrons. The summed E-state index contributed by atoms with van der Waals surface area (Å²) in [5.74, 6) is 0. The van der Waals surface area contributed by atoms with Crippen molar-refractivity contribution in [1.29, 1.82) is 0 Å². The normalized spacial score (nSPS) is 12.1. The van der Waals surface area contributed by atoms with Gasteiger partial charge in [0.2, 0.25) is 0 Å². The summed E-state index contributed by atoms with van der Waals surface area (Å²) in [5.41, 5.74) is 0.660. The van der Waals surface area contributed by atoms with Gasteiger partial charge in [-0.25, -0.2) is 8.42 Å². The van der Waals surface area contributed by atoms with Gasteiger partial charge in [-0.3, -0.25) is 19.8 Å². The molecule has 9 nitrogen and oxygen atoms in total. The Morgan fingerprint density at radius 1 is 1.18 bits per heavy atom. The number of para-hydroxylation sites is 1. The summed E-state index contributed by atoms with van der Waals surface area (Å²) in [4.78, 5) is 14.1. The molecule has 0 heterocycles. The minimum absolute atomic E-state index is 0.0893. The van der Waals surface area contributed by atoms with Gasteiger partial charge < -0.3 is 10.2 Å². The first kappa shape index (κ1) is 23.2. The van der Waals surface area contributed by atoms with Crippen LogP contribution in [-0.2, 0) is 10.0 Å². The topological polar surface area (TPSA) is 142 Å². The zero-order valence-corrected chi connectivity index (χ0v) is 16.3. The van der Waals surface area contributed by atoms with E-state index in [1.807, 2.05) is 0 Å². The highest BCUT2D eigenvalue weighted by molar-refractivity contribution is 7.92. The predicted molar refractivity (Wildman–Crippen MR) is 107 cm³/mol. The van der Waals surface area contributed by atoms with Crippen LogP contribution in [0.4, 0.5) is 11.4 Å². The van der Waals surface area contributed by atoms with Crippen molar-refractivity contribution in [1.82, 2.24) is 0 Å². The Morgan fingerprint density at radius 2 is 1.75 bits per heavy atom. The number of nitrogens with zero attached hydrogens (tertiary/aromatic N) is 2. The van der Waals surface area contributed by atoms with Crippen molar-refractivity contribution in [3.63, 3.8) is 0 Å². The summed E-state index contributed by atoms with van der Waals surface area (Å²) in [6.07, 6.45) is 1.48. The highest BCUT2D eigenvalue weighted by Gasteiger charge is 2.17. The zero-order valence-electron chi connectivity index (χ0n) is 15.5. The van der Waals surface area contributed by atoms with Crippen molar-refractivity contribution in [2.45, 2.75) is 24.8 Å². The number of hydrogen-bond acceptors (Lipinski definition) is 7. The van der Waals surface area contributed by atoms with Crippen molar-refractivity contribution in [3.05, 3.63) is 64.2 Å². The maximum Gasteiger partial charge on any atom is 0.269 e. The molecule has 0 saturated heterocycles. The molecule has 0 amide bonds. The van der Waals surface area contributed by atoms with Crippen molar-refractivity contribution in [3.8, 4) is 0 Å². The number of aliphatic hydroxyl groups is 2. The van der Waals surface area contributed by atoms with Gasteiger partial charge in [-0.2, -0.15) is 0 Å². The molecule has 0 aliphatic carbocycles. The van der Waals surface area contributed by atoms with E-state index in [0.29, 0.717) is 11.3 Å². The van der Waals surface area contributed by atoms with Gasteiger partial charge in [0.15, 0.2) is 0 Å². The number of non-ortho nitro benzene ring substituents is 1. The molecule has 10 heteroatoms.